The highest BCUT2D eigenvalue weighted by molar-refractivity contribution is 6.10. The van der Waals surface area contributed by atoms with E-state index in [0.29, 0.717) is 16.8 Å². The first-order valence-corrected chi connectivity index (χ1v) is 13.6. The lowest BCUT2D eigenvalue weighted by Crippen LogP contribution is -2.00. The van der Waals surface area contributed by atoms with E-state index in [-0.39, 0.29) is 0 Å². The average Bonchev–Trinajstić information content (AvgIpc) is 3.57. The molecule has 8 rings (SSSR count). The van der Waals surface area contributed by atoms with Gasteiger partial charge in [0.1, 0.15) is 6.07 Å². The molecule has 0 atom stereocenters. The number of hydrogen-bond acceptors (Lipinski definition) is 2. The number of para-hydroxylation sites is 4. The van der Waals surface area contributed by atoms with E-state index in [1.54, 1.807) is 0 Å². The Morgan fingerprint density at radius 3 is 1.43 bits per heavy atom. The van der Waals surface area contributed by atoms with Crippen LogP contribution in [0, 0.1) is 17.9 Å². The SMILES string of the molecule is [C-]#[N+]c1cncc(C#N)c1-c1cc(-n2c3ccccc3c3ccccc32)cc(-n2c3ccccc3c3ccccc32)c1. The zero-order valence-electron chi connectivity index (χ0n) is 22.4. The maximum absolute atomic E-state index is 10.1. The summed E-state index contributed by atoms with van der Waals surface area (Å²) in [6.45, 7) is 7.89. The summed E-state index contributed by atoms with van der Waals surface area (Å²) in [6, 6.07) is 42.3. The number of hydrogen-bond donors (Lipinski definition) is 0. The van der Waals surface area contributed by atoms with Gasteiger partial charge in [-0.1, -0.05) is 72.8 Å². The van der Waals surface area contributed by atoms with Crippen LogP contribution >= 0.6 is 0 Å². The van der Waals surface area contributed by atoms with Gasteiger partial charge in [0.05, 0.1) is 34.2 Å². The van der Waals surface area contributed by atoms with E-state index in [1.807, 2.05) is 0 Å². The molecule has 5 aromatic carbocycles. The summed E-state index contributed by atoms with van der Waals surface area (Å²) in [4.78, 5) is 7.94. The second-order valence-corrected chi connectivity index (χ2v) is 10.3. The largest absolute Gasteiger partial charge is 0.309 e. The molecule has 5 nitrogen and oxygen atoms in total. The first-order chi connectivity index (χ1) is 20.8. The highest BCUT2D eigenvalue weighted by Gasteiger charge is 2.19. The van der Waals surface area contributed by atoms with Crippen LogP contribution in [-0.4, -0.2) is 14.1 Å². The molecule has 3 heterocycles. The number of nitriles is 1. The van der Waals surface area contributed by atoms with Gasteiger partial charge in [-0.05, 0) is 48.0 Å². The summed E-state index contributed by atoms with van der Waals surface area (Å²) < 4.78 is 4.55. The Morgan fingerprint density at radius 1 is 0.595 bits per heavy atom. The van der Waals surface area contributed by atoms with Gasteiger partial charge in [-0.15, -0.1) is 0 Å². The lowest BCUT2D eigenvalue weighted by atomic mass is 9.99. The fourth-order valence-corrected chi connectivity index (χ4v) is 6.32. The van der Waals surface area contributed by atoms with Crippen molar-refractivity contribution in [2.75, 3.05) is 0 Å². The lowest BCUT2D eigenvalue weighted by Gasteiger charge is -2.17. The summed E-state index contributed by atoms with van der Waals surface area (Å²) in [5.74, 6) is 0. The van der Waals surface area contributed by atoms with E-state index in [9.17, 15) is 5.26 Å². The van der Waals surface area contributed by atoms with Crippen molar-refractivity contribution < 1.29 is 0 Å². The molecule has 3 aromatic heterocycles. The summed E-state index contributed by atoms with van der Waals surface area (Å²) in [7, 11) is 0. The van der Waals surface area contributed by atoms with Crippen molar-refractivity contribution in [2.45, 2.75) is 0 Å². The quantitative estimate of drug-likeness (QED) is 0.212. The minimum atomic E-state index is 0.349. The van der Waals surface area contributed by atoms with E-state index >= 15 is 0 Å². The summed E-state index contributed by atoms with van der Waals surface area (Å²) in [5, 5.41) is 14.7. The molecule has 0 aliphatic heterocycles. The Hall–Kier alpha value is -6.17. The Morgan fingerprint density at radius 2 is 1.02 bits per heavy atom. The van der Waals surface area contributed by atoms with Crippen LogP contribution in [0.5, 0.6) is 0 Å². The fraction of sp³-hybridized carbons (Fsp3) is 0. The zero-order valence-corrected chi connectivity index (χ0v) is 22.4. The van der Waals surface area contributed by atoms with Gasteiger partial charge in [0.2, 0.25) is 5.69 Å². The molecule has 8 aromatic rings. The normalized spacial score (nSPS) is 11.3. The third-order valence-electron chi connectivity index (χ3n) is 8.03. The smallest absolute Gasteiger partial charge is 0.214 e. The molecule has 42 heavy (non-hydrogen) atoms. The van der Waals surface area contributed by atoms with E-state index in [4.69, 9.17) is 6.57 Å². The second kappa shape index (κ2) is 9.20. The van der Waals surface area contributed by atoms with Crippen molar-refractivity contribution in [2.24, 2.45) is 0 Å². The van der Waals surface area contributed by atoms with Crippen LogP contribution in [0.4, 0.5) is 5.69 Å². The molecule has 0 aliphatic rings. The van der Waals surface area contributed by atoms with Gasteiger partial charge in [-0.25, -0.2) is 4.85 Å². The zero-order chi connectivity index (χ0) is 28.2. The monoisotopic (exact) mass is 535 g/mol. The van der Waals surface area contributed by atoms with E-state index in [1.165, 1.54) is 33.9 Å². The topological polar surface area (TPSA) is 50.9 Å². The number of fused-ring (bicyclic) bond motifs is 6. The molecule has 0 bridgehead atoms. The van der Waals surface area contributed by atoms with Crippen molar-refractivity contribution in [1.29, 1.82) is 5.26 Å². The van der Waals surface area contributed by atoms with Crippen LogP contribution in [0.3, 0.4) is 0 Å². The molecular weight excluding hydrogens is 514 g/mol. The van der Waals surface area contributed by atoms with E-state index in [0.717, 1.165) is 39.0 Å². The summed E-state index contributed by atoms with van der Waals surface area (Å²) in [5.41, 5.74) is 8.33. The van der Waals surface area contributed by atoms with Crippen LogP contribution < -0.4 is 0 Å². The molecule has 0 spiro atoms. The number of benzene rings is 5. The van der Waals surface area contributed by atoms with Crippen molar-refractivity contribution in [1.82, 2.24) is 14.1 Å². The number of nitrogens with zero attached hydrogens (tertiary/aromatic N) is 5. The highest BCUT2D eigenvalue weighted by Crippen LogP contribution is 2.40. The Balaban J connectivity index is 1.54. The Labute approximate surface area is 241 Å². The van der Waals surface area contributed by atoms with Gasteiger partial charge < -0.3 is 9.13 Å². The maximum atomic E-state index is 10.1. The van der Waals surface area contributed by atoms with Crippen LogP contribution in [0.25, 0.3) is 71.0 Å². The Bertz CT molecular complexity index is 2180. The molecule has 0 saturated heterocycles. The lowest BCUT2D eigenvalue weighted by molar-refractivity contribution is 1.13. The van der Waals surface area contributed by atoms with Crippen molar-refractivity contribution >= 4 is 49.3 Å². The summed E-state index contributed by atoms with van der Waals surface area (Å²) >= 11 is 0. The molecule has 0 N–H and O–H groups in total. The van der Waals surface area contributed by atoms with Gasteiger partial charge in [0.25, 0.3) is 0 Å². The highest BCUT2D eigenvalue weighted by atomic mass is 15.0. The van der Waals surface area contributed by atoms with Gasteiger partial charge in [-0.2, -0.15) is 5.26 Å². The molecule has 5 heteroatoms. The average molecular weight is 536 g/mol. The van der Waals surface area contributed by atoms with Crippen LogP contribution in [0.1, 0.15) is 5.56 Å². The van der Waals surface area contributed by atoms with Gasteiger partial charge in [0.15, 0.2) is 0 Å². The minimum Gasteiger partial charge on any atom is -0.309 e. The van der Waals surface area contributed by atoms with Crippen molar-refractivity contribution in [3.8, 4) is 28.6 Å². The van der Waals surface area contributed by atoms with E-state index in [2.05, 4.69) is 140 Å². The van der Waals surface area contributed by atoms with E-state index < -0.39 is 0 Å². The maximum Gasteiger partial charge on any atom is 0.214 e. The van der Waals surface area contributed by atoms with Crippen LogP contribution in [-0.2, 0) is 0 Å². The third kappa shape index (κ3) is 3.38. The summed E-state index contributed by atoms with van der Waals surface area (Å²) in [6.07, 6.45) is 3.08. The van der Waals surface area contributed by atoms with Crippen molar-refractivity contribution in [3.05, 3.63) is 145 Å². The number of aromatic nitrogens is 3. The molecule has 0 unspecified atom stereocenters. The van der Waals surface area contributed by atoms with Crippen molar-refractivity contribution in [3.63, 3.8) is 0 Å². The second-order valence-electron chi connectivity index (χ2n) is 10.3. The van der Waals surface area contributed by atoms with Crippen LogP contribution in [0.15, 0.2) is 128 Å². The number of rotatable bonds is 3. The van der Waals surface area contributed by atoms with Gasteiger partial charge in [-0.3, -0.25) is 4.98 Å². The molecule has 0 fully saturated rings. The molecule has 0 aliphatic carbocycles. The minimum absolute atomic E-state index is 0.349. The molecule has 194 valence electrons. The number of pyridine rings is 1. The first kappa shape index (κ1) is 23.7. The van der Waals surface area contributed by atoms with Crippen LogP contribution in [0.2, 0.25) is 0 Å². The molecule has 0 amide bonds. The standard InChI is InChI=1S/C37H21N5/c1-39-32-23-40-22-25(21-38)37(32)24-18-26(41-33-14-6-2-10-28(33)29-11-3-7-15-34(29)41)20-27(19-24)42-35-16-8-4-12-30(35)31-13-5-9-17-36(31)42/h2-20,22-23H. The van der Waals surface area contributed by atoms with Gasteiger partial charge >= 0.3 is 0 Å². The molecule has 0 saturated carbocycles. The predicted molar refractivity (Wildman–Crippen MR) is 169 cm³/mol. The predicted octanol–water partition coefficient (Wildman–Crippen LogP) is 9.37. The first-order valence-electron chi connectivity index (χ1n) is 13.6. The van der Waals surface area contributed by atoms with Gasteiger partial charge in [0, 0.05) is 50.9 Å². The Kier molecular flexibility index (Phi) is 5.19. The fourth-order valence-electron chi connectivity index (χ4n) is 6.32. The molecule has 0 radical (unpaired) electrons. The molecular formula is C37H21N5. The third-order valence-corrected chi connectivity index (χ3v) is 8.03.